The maximum absolute atomic E-state index is 11.1. The number of nitrogens with one attached hydrogen (secondary N) is 1. The van der Waals surface area contributed by atoms with Crippen molar-refractivity contribution in [2.45, 2.75) is 32.4 Å². The van der Waals surface area contributed by atoms with Crippen molar-refractivity contribution in [3.05, 3.63) is 34.9 Å². The van der Waals surface area contributed by atoms with Gasteiger partial charge < -0.3 is 21.3 Å². The van der Waals surface area contributed by atoms with Gasteiger partial charge in [-0.3, -0.25) is 4.79 Å². The summed E-state index contributed by atoms with van der Waals surface area (Å²) in [7, 11) is 0. The van der Waals surface area contributed by atoms with Gasteiger partial charge in [0.05, 0.1) is 18.8 Å². The smallest absolute Gasteiger partial charge is 0.248 e. The largest absolute Gasteiger partial charge is 0.394 e. The Hall–Kier alpha value is -1.43. The molecule has 19 heavy (non-hydrogen) atoms. The minimum Gasteiger partial charge on any atom is -0.394 e. The molecule has 106 valence electrons. The molecule has 1 aromatic rings. The van der Waals surface area contributed by atoms with Crippen LogP contribution in [0.15, 0.2) is 18.2 Å². The Bertz CT molecular complexity index is 434. The Kier molecular flexibility index (Phi) is 5.47. The van der Waals surface area contributed by atoms with Gasteiger partial charge in [0.25, 0.3) is 0 Å². The summed E-state index contributed by atoms with van der Waals surface area (Å²) in [5.41, 5.74) is 6.98. The van der Waals surface area contributed by atoms with E-state index >= 15 is 0 Å². The van der Waals surface area contributed by atoms with E-state index in [1.54, 1.807) is 12.1 Å². The third-order valence-corrected chi connectivity index (χ3v) is 3.56. The lowest BCUT2D eigenvalue weighted by Gasteiger charge is -2.30. The first-order valence-corrected chi connectivity index (χ1v) is 6.34. The molecule has 0 aliphatic carbocycles. The second kappa shape index (κ2) is 6.65. The van der Waals surface area contributed by atoms with Crippen molar-refractivity contribution in [1.29, 1.82) is 0 Å². The number of carbonyl (C=O) groups is 1. The molecule has 5 heteroatoms. The van der Waals surface area contributed by atoms with Gasteiger partial charge in [0.2, 0.25) is 5.91 Å². The van der Waals surface area contributed by atoms with Crippen molar-refractivity contribution in [2.75, 3.05) is 13.2 Å². The minimum atomic E-state index is -0.672. The Morgan fingerprint density at radius 1 is 1.37 bits per heavy atom. The van der Waals surface area contributed by atoms with E-state index in [9.17, 15) is 15.0 Å². The second-order valence-electron chi connectivity index (χ2n) is 4.81. The molecule has 0 radical (unpaired) electrons. The lowest BCUT2D eigenvalue weighted by Crippen LogP contribution is -2.50. The van der Waals surface area contributed by atoms with Crippen LogP contribution in [0.25, 0.3) is 0 Å². The molecule has 5 nitrogen and oxygen atoms in total. The summed E-state index contributed by atoms with van der Waals surface area (Å²) in [6.07, 6.45) is 0.623. The molecule has 0 fully saturated rings. The Labute approximate surface area is 113 Å². The monoisotopic (exact) mass is 266 g/mol. The molecule has 1 amide bonds. The quantitative estimate of drug-likeness (QED) is 0.571. The van der Waals surface area contributed by atoms with E-state index in [0.29, 0.717) is 18.5 Å². The molecule has 1 rings (SSSR count). The first-order valence-electron chi connectivity index (χ1n) is 6.34. The normalized spacial score (nSPS) is 11.6. The highest BCUT2D eigenvalue weighted by Crippen LogP contribution is 2.14. The number of amides is 1. The number of hydrogen-bond acceptors (Lipinski definition) is 4. The van der Waals surface area contributed by atoms with Gasteiger partial charge in [-0.2, -0.15) is 0 Å². The molecule has 0 aromatic heterocycles. The van der Waals surface area contributed by atoms with Crippen molar-refractivity contribution < 1.29 is 15.0 Å². The minimum absolute atomic E-state index is 0.127. The summed E-state index contributed by atoms with van der Waals surface area (Å²) in [6.45, 7) is 4.06. The number of aliphatic hydroxyl groups excluding tert-OH is 2. The SMILES string of the molecule is CCC(CO)(CO)NCc1ccc(C(N)=O)cc1C. The molecule has 0 saturated carbocycles. The average molecular weight is 266 g/mol. The first-order chi connectivity index (χ1) is 8.98. The van der Waals surface area contributed by atoms with E-state index in [-0.39, 0.29) is 13.2 Å². The third kappa shape index (κ3) is 3.76. The predicted molar refractivity (Wildman–Crippen MR) is 73.7 cm³/mol. The second-order valence-corrected chi connectivity index (χ2v) is 4.81. The number of aryl methyl sites for hydroxylation is 1. The van der Waals surface area contributed by atoms with E-state index in [1.165, 1.54) is 0 Å². The fourth-order valence-electron chi connectivity index (χ4n) is 1.84. The molecule has 5 N–H and O–H groups in total. The van der Waals surface area contributed by atoms with Crippen LogP contribution in [-0.4, -0.2) is 34.9 Å². The van der Waals surface area contributed by atoms with E-state index in [4.69, 9.17) is 5.73 Å². The lowest BCUT2D eigenvalue weighted by molar-refractivity contribution is 0.0863. The third-order valence-electron chi connectivity index (χ3n) is 3.56. The molecule has 0 atom stereocenters. The zero-order chi connectivity index (χ0) is 14.5. The van der Waals surface area contributed by atoms with Crippen molar-refractivity contribution in [2.24, 2.45) is 5.73 Å². The molecule has 0 aliphatic rings. The van der Waals surface area contributed by atoms with Crippen molar-refractivity contribution in [3.8, 4) is 0 Å². The molecule has 0 saturated heterocycles. The Morgan fingerprint density at radius 2 is 2.00 bits per heavy atom. The molecule has 0 spiro atoms. The van der Waals surface area contributed by atoms with Crippen molar-refractivity contribution >= 4 is 5.91 Å². The number of nitrogens with two attached hydrogens (primary N) is 1. The predicted octanol–water partition coefficient (Wildman–Crippen LogP) is 0.317. The lowest BCUT2D eigenvalue weighted by atomic mass is 9.97. The standard InChI is InChI=1S/C14H22N2O3/c1-3-14(8-17,9-18)16-7-12-5-4-11(13(15)19)6-10(12)2/h4-6,16-18H,3,7-9H2,1-2H3,(H2,15,19). The fourth-order valence-corrected chi connectivity index (χ4v) is 1.84. The summed E-state index contributed by atoms with van der Waals surface area (Å²) in [5.74, 6) is -0.448. The molecule has 0 unspecified atom stereocenters. The van der Waals surface area contributed by atoms with Crippen LogP contribution in [0.4, 0.5) is 0 Å². The molecule has 0 heterocycles. The van der Waals surface area contributed by atoms with Crippen LogP contribution in [-0.2, 0) is 6.54 Å². The zero-order valence-electron chi connectivity index (χ0n) is 11.4. The molecular formula is C14H22N2O3. The first kappa shape index (κ1) is 15.6. The van der Waals surface area contributed by atoms with Gasteiger partial charge in [0, 0.05) is 12.1 Å². The summed E-state index contributed by atoms with van der Waals surface area (Å²) in [4.78, 5) is 11.1. The van der Waals surface area contributed by atoms with Crippen LogP contribution in [0.3, 0.4) is 0 Å². The topological polar surface area (TPSA) is 95.6 Å². The van der Waals surface area contributed by atoms with Crippen molar-refractivity contribution in [1.82, 2.24) is 5.32 Å². The number of hydrogen-bond donors (Lipinski definition) is 4. The molecule has 0 aliphatic heterocycles. The number of benzene rings is 1. The number of rotatable bonds is 7. The van der Waals surface area contributed by atoms with E-state index in [2.05, 4.69) is 5.32 Å². The highest BCUT2D eigenvalue weighted by Gasteiger charge is 2.25. The average Bonchev–Trinajstić information content (AvgIpc) is 2.42. The van der Waals surface area contributed by atoms with Crippen LogP contribution in [0.2, 0.25) is 0 Å². The van der Waals surface area contributed by atoms with Gasteiger partial charge in [0.1, 0.15) is 0 Å². The fraction of sp³-hybridized carbons (Fsp3) is 0.500. The summed E-state index contributed by atoms with van der Waals surface area (Å²) >= 11 is 0. The van der Waals surface area contributed by atoms with Crippen LogP contribution in [0.1, 0.15) is 34.8 Å². The number of aliphatic hydroxyl groups is 2. The Balaban J connectivity index is 2.80. The van der Waals surface area contributed by atoms with Gasteiger partial charge in [-0.1, -0.05) is 13.0 Å². The van der Waals surface area contributed by atoms with E-state index in [0.717, 1.165) is 11.1 Å². The van der Waals surface area contributed by atoms with Gasteiger partial charge in [-0.15, -0.1) is 0 Å². The van der Waals surface area contributed by atoms with Crippen LogP contribution in [0.5, 0.6) is 0 Å². The zero-order valence-corrected chi connectivity index (χ0v) is 11.4. The van der Waals surface area contributed by atoms with Gasteiger partial charge in [0.15, 0.2) is 0 Å². The molecular weight excluding hydrogens is 244 g/mol. The highest BCUT2D eigenvalue weighted by atomic mass is 16.3. The number of primary amides is 1. The maximum Gasteiger partial charge on any atom is 0.248 e. The molecule has 1 aromatic carbocycles. The van der Waals surface area contributed by atoms with E-state index in [1.807, 2.05) is 19.9 Å². The van der Waals surface area contributed by atoms with Crippen LogP contribution in [0, 0.1) is 6.92 Å². The number of carbonyl (C=O) groups excluding carboxylic acids is 1. The highest BCUT2D eigenvalue weighted by molar-refractivity contribution is 5.93. The van der Waals surface area contributed by atoms with Gasteiger partial charge >= 0.3 is 0 Å². The van der Waals surface area contributed by atoms with Crippen LogP contribution >= 0.6 is 0 Å². The van der Waals surface area contributed by atoms with Gasteiger partial charge in [-0.05, 0) is 36.6 Å². The summed E-state index contributed by atoms with van der Waals surface area (Å²) in [5, 5.41) is 21.9. The summed E-state index contributed by atoms with van der Waals surface area (Å²) in [6, 6.07) is 5.25. The summed E-state index contributed by atoms with van der Waals surface area (Å²) < 4.78 is 0. The Morgan fingerprint density at radius 3 is 2.42 bits per heavy atom. The van der Waals surface area contributed by atoms with Crippen molar-refractivity contribution in [3.63, 3.8) is 0 Å². The van der Waals surface area contributed by atoms with Gasteiger partial charge in [-0.25, -0.2) is 0 Å². The molecule has 0 bridgehead atoms. The van der Waals surface area contributed by atoms with Crippen LogP contribution < -0.4 is 11.1 Å². The van der Waals surface area contributed by atoms with E-state index < -0.39 is 11.4 Å². The maximum atomic E-state index is 11.1.